The van der Waals surface area contributed by atoms with Crippen LogP contribution < -0.4 is 0 Å². The van der Waals surface area contributed by atoms with Crippen LogP contribution in [0, 0.1) is 11.8 Å². The summed E-state index contributed by atoms with van der Waals surface area (Å²) in [5, 5.41) is 28.2. The largest absolute Gasteiger partial charge is 0.481 e. The first-order chi connectivity index (χ1) is 13.0. The zero-order valence-electron chi connectivity index (χ0n) is 16.0. The van der Waals surface area contributed by atoms with Crippen molar-refractivity contribution in [2.75, 3.05) is 0 Å². The summed E-state index contributed by atoms with van der Waals surface area (Å²) < 4.78 is 0. The fourth-order valence-electron chi connectivity index (χ4n) is 3.03. The molecule has 4 atom stereocenters. The Balaban J connectivity index is 2.35. The topological polar surface area (TPSA) is 94.8 Å². The van der Waals surface area contributed by atoms with Gasteiger partial charge in [0.1, 0.15) is 5.78 Å². The fraction of sp³-hybridized carbons (Fsp3) is 0.545. The van der Waals surface area contributed by atoms with Gasteiger partial charge in [0.2, 0.25) is 0 Å². The van der Waals surface area contributed by atoms with Gasteiger partial charge >= 0.3 is 5.97 Å². The molecular weight excluding hydrogens is 344 g/mol. The van der Waals surface area contributed by atoms with Crippen molar-refractivity contribution < 1.29 is 24.9 Å². The first kappa shape index (κ1) is 23.1. The Morgan fingerprint density at radius 3 is 2.41 bits per heavy atom. The van der Waals surface area contributed by atoms with Crippen LogP contribution in [0.3, 0.4) is 0 Å². The average molecular weight is 376 g/mol. The number of carbonyl (C=O) groups excluding carboxylic acids is 1. The van der Waals surface area contributed by atoms with E-state index in [1.54, 1.807) is 12.2 Å². The lowest BCUT2D eigenvalue weighted by Gasteiger charge is -2.16. The highest BCUT2D eigenvalue weighted by Crippen LogP contribution is 2.33. The summed E-state index contributed by atoms with van der Waals surface area (Å²) in [5.41, 5.74) is 0. The van der Waals surface area contributed by atoms with Crippen molar-refractivity contribution in [1.29, 1.82) is 0 Å². The smallest absolute Gasteiger partial charge is 0.303 e. The number of aliphatic carboxylic acids is 1. The van der Waals surface area contributed by atoms with Crippen molar-refractivity contribution in [2.24, 2.45) is 11.8 Å². The minimum atomic E-state index is -0.784. The Morgan fingerprint density at radius 2 is 1.78 bits per heavy atom. The molecule has 0 amide bonds. The van der Waals surface area contributed by atoms with Gasteiger partial charge in [0.15, 0.2) is 0 Å². The molecule has 1 rings (SSSR count). The van der Waals surface area contributed by atoms with E-state index in [0.29, 0.717) is 19.3 Å². The molecule has 27 heavy (non-hydrogen) atoms. The molecule has 1 aliphatic carbocycles. The Hall–Kier alpha value is -1.98. The van der Waals surface area contributed by atoms with E-state index in [0.717, 1.165) is 12.8 Å². The SMILES string of the molecule is CCC(O)C=CC1C(O)CC(=O)C1CC=CCC=CCC=CCCC(=O)O. The highest BCUT2D eigenvalue weighted by atomic mass is 16.4. The van der Waals surface area contributed by atoms with E-state index in [4.69, 9.17) is 5.11 Å². The Bertz CT molecular complexity index is 573. The molecule has 1 aliphatic rings. The molecule has 1 fully saturated rings. The van der Waals surface area contributed by atoms with E-state index in [9.17, 15) is 19.8 Å². The van der Waals surface area contributed by atoms with E-state index in [-0.39, 0.29) is 30.5 Å². The number of carboxylic acids is 1. The fourth-order valence-corrected chi connectivity index (χ4v) is 3.03. The second-order valence-electron chi connectivity index (χ2n) is 6.84. The number of rotatable bonds is 12. The maximum atomic E-state index is 12.1. The minimum Gasteiger partial charge on any atom is -0.481 e. The van der Waals surface area contributed by atoms with Gasteiger partial charge in [-0.05, 0) is 32.1 Å². The molecule has 0 aliphatic heterocycles. The molecule has 0 spiro atoms. The zero-order valence-corrected chi connectivity index (χ0v) is 16.0. The number of ketones is 1. The van der Waals surface area contributed by atoms with Gasteiger partial charge in [0.25, 0.3) is 0 Å². The Kier molecular flexibility index (Phi) is 11.3. The third-order valence-electron chi connectivity index (χ3n) is 4.67. The number of allylic oxidation sites excluding steroid dienone is 6. The molecule has 5 heteroatoms. The van der Waals surface area contributed by atoms with Crippen molar-refractivity contribution >= 4 is 11.8 Å². The lowest BCUT2D eigenvalue weighted by atomic mass is 9.90. The van der Waals surface area contributed by atoms with Crippen molar-refractivity contribution in [3.63, 3.8) is 0 Å². The summed E-state index contributed by atoms with van der Waals surface area (Å²) in [7, 11) is 0. The zero-order chi connectivity index (χ0) is 20.1. The van der Waals surface area contributed by atoms with E-state index in [2.05, 4.69) is 0 Å². The van der Waals surface area contributed by atoms with Crippen LogP contribution in [0.15, 0.2) is 48.6 Å². The third-order valence-corrected chi connectivity index (χ3v) is 4.67. The van der Waals surface area contributed by atoms with Gasteiger partial charge in [-0.3, -0.25) is 9.59 Å². The number of carbonyl (C=O) groups is 2. The molecule has 4 unspecified atom stereocenters. The number of hydrogen-bond acceptors (Lipinski definition) is 4. The number of Topliss-reactive ketones (excluding diaryl/α,β-unsaturated/α-hetero) is 1. The predicted molar refractivity (Wildman–Crippen MR) is 106 cm³/mol. The van der Waals surface area contributed by atoms with E-state index >= 15 is 0 Å². The minimum absolute atomic E-state index is 0.0785. The summed E-state index contributed by atoms with van der Waals surface area (Å²) in [5.74, 6) is -1.16. The maximum Gasteiger partial charge on any atom is 0.303 e. The van der Waals surface area contributed by atoms with E-state index in [1.165, 1.54) is 0 Å². The molecule has 0 heterocycles. The molecule has 0 saturated heterocycles. The summed E-state index contributed by atoms with van der Waals surface area (Å²) >= 11 is 0. The molecule has 0 aromatic rings. The average Bonchev–Trinajstić information content (AvgIpc) is 2.90. The van der Waals surface area contributed by atoms with Gasteiger partial charge in [-0.2, -0.15) is 0 Å². The summed E-state index contributed by atoms with van der Waals surface area (Å²) in [6, 6.07) is 0. The summed E-state index contributed by atoms with van der Waals surface area (Å²) in [4.78, 5) is 22.5. The van der Waals surface area contributed by atoms with Gasteiger partial charge in [0.05, 0.1) is 12.2 Å². The summed E-state index contributed by atoms with van der Waals surface area (Å²) in [6.45, 7) is 1.88. The molecule has 0 aromatic carbocycles. The van der Waals surface area contributed by atoms with Crippen molar-refractivity contribution in [1.82, 2.24) is 0 Å². The van der Waals surface area contributed by atoms with E-state index in [1.807, 2.05) is 43.4 Å². The molecule has 150 valence electrons. The quantitative estimate of drug-likeness (QED) is 0.453. The molecule has 0 radical (unpaired) electrons. The van der Waals surface area contributed by atoms with Gasteiger partial charge in [-0.1, -0.05) is 55.5 Å². The molecule has 0 bridgehead atoms. The van der Waals surface area contributed by atoms with Gasteiger partial charge in [0, 0.05) is 24.7 Å². The van der Waals surface area contributed by atoms with Crippen molar-refractivity contribution in [3.8, 4) is 0 Å². The van der Waals surface area contributed by atoms with Crippen LogP contribution >= 0.6 is 0 Å². The Labute approximate surface area is 161 Å². The van der Waals surface area contributed by atoms with Crippen LogP contribution in [-0.2, 0) is 9.59 Å². The van der Waals surface area contributed by atoms with E-state index < -0.39 is 18.2 Å². The Morgan fingerprint density at radius 1 is 1.15 bits per heavy atom. The second-order valence-corrected chi connectivity index (χ2v) is 6.84. The van der Waals surface area contributed by atoms with Gasteiger partial charge in [-0.25, -0.2) is 0 Å². The number of aliphatic hydroxyl groups excluding tert-OH is 2. The number of hydrogen-bond donors (Lipinski definition) is 3. The lowest BCUT2D eigenvalue weighted by molar-refractivity contribution is -0.136. The van der Waals surface area contributed by atoms with Crippen LogP contribution in [0.1, 0.15) is 51.9 Å². The first-order valence-electron chi connectivity index (χ1n) is 9.69. The second kappa shape index (κ2) is 13.2. The van der Waals surface area contributed by atoms with Crippen LogP contribution in [0.2, 0.25) is 0 Å². The van der Waals surface area contributed by atoms with Crippen LogP contribution in [0.4, 0.5) is 0 Å². The number of carboxylic acid groups (broad SMARTS) is 1. The predicted octanol–water partition coefficient (Wildman–Crippen LogP) is 3.58. The van der Waals surface area contributed by atoms with Gasteiger partial charge in [-0.15, -0.1) is 0 Å². The van der Waals surface area contributed by atoms with Crippen molar-refractivity contribution in [3.05, 3.63) is 48.6 Å². The first-order valence-corrected chi connectivity index (χ1v) is 9.69. The standard InChI is InChI=1S/C22H32O5/c1-2-17(23)14-15-19-18(20(24)16-21(19)25)12-10-8-6-4-3-5-7-9-11-13-22(26)27/h3-4,7-10,14-15,17-19,21,23,25H,2,5-6,11-13,16H2,1H3,(H,26,27). The maximum absolute atomic E-state index is 12.1. The summed E-state index contributed by atoms with van der Waals surface area (Å²) in [6.07, 6.45) is 17.7. The number of aliphatic hydroxyl groups is 2. The molecule has 1 saturated carbocycles. The molecule has 0 aromatic heterocycles. The molecule has 3 N–H and O–H groups in total. The third kappa shape index (κ3) is 9.50. The normalized spacial score (nSPS) is 24.9. The van der Waals surface area contributed by atoms with Crippen LogP contribution in [0.25, 0.3) is 0 Å². The highest BCUT2D eigenvalue weighted by molar-refractivity contribution is 5.84. The monoisotopic (exact) mass is 376 g/mol. The highest BCUT2D eigenvalue weighted by Gasteiger charge is 2.39. The van der Waals surface area contributed by atoms with Crippen molar-refractivity contribution in [2.45, 2.75) is 64.1 Å². The van der Waals surface area contributed by atoms with Gasteiger partial charge < -0.3 is 15.3 Å². The van der Waals surface area contributed by atoms with Crippen LogP contribution in [0.5, 0.6) is 0 Å². The molecule has 5 nitrogen and oxygen atoms in total. The van der Waals surface area contributed by atoms with Crippen LogP contribution in [-0.4, -0.2) is 39.3 Å². The molecular formula is C22H32O5. The lowest BCUT2D eigenvalue weighted by Crippen LogP contribution is -2.18.